The molecule has 0 radical (unpaired) electrons. The molecule has 3 rings (SSSR count). The fourth-order valence-corrected chi connectivity index (χ4v) is 1.90. The molecule has 2 aromatic carbocycles. The molecule has 2 aromatic rings. The molecule has 0 aliphatic carbocycles. The number of Topliss-reactive ketones (excluding diaryl/α,β-unsaturated/α-hetero) is 1. The maximum absolute atomic E-state index is 12.1. The molecule has 0 saturated heterocycles. The summed E-state index contributed by atoms with van der Waals surface area (Å²) in [4.78, 5) is 12.1. The van der Waals surface area contributed by atoms with Crippen molar-refractivity contribution in [3.8, 4) is 17.2 Å². The number of hydrogen-bond acceptors (Lipinski definition) is 4. The molecular weight excluding hydrogens is 244 g/mol. The zero-order valence-electron chi connectivity index (χ0n) is 9.83. The smallest absolute Gasteiger partial charge is 0.231 e. The summed E-state index contributed by atoms with van der Waals surface area (Å²) in [5.41, 5.74) is 1.18. The van der Waals surface area contributed by atoms with Gasteiger partial charge in [0, 0.05) is 6.07 Å². The van der Waals surface area contributed by atoms with E-state index in [-0.39, 0.29) is 23.0 Å². The lowest BCUT2D eigenvalue weighted by molar-refractivity contribution is 0.101. The average molecular weight is 254 g/mol. The Balaban J connectivity index is 1.97. The summed E-state index contributed by atoms with van der Waals surface area (Å²) in [7, 11) is 0. The molecule has 0 amide bonds. The molecule has 4 heteroatoms. The van der Waals surface area contributed by atoms with E-state index in [1.807, 2.05) is 0 Å². The molecule has 0 spiro atoms. The van der Waals surface area contributed by atoms with Crippen LogP contribution in [-0.4, -0.2) is 16.0 Å². The van der Waals surface area contributed by atoms with Crippen LogP contribution in [0.1, 0.15) is 15.9 Å². The van der Waals surface area contributed by atoms with Crippen molar-refractivity contribution in [2.45, 2.75) is 0 Å². The van der Waals surface area contributed by atoms with Gasteiger partial charge in [-0.3, -0.25) is 4.79 Å². The highest BCUT2D eigenvalue weighted by Gasteiger charge is 2.27. The van der Waals surface area contributed by atoms with Gasteiger partial charge in [0.05, 0.1) is 5.56 Å². The lowest BCUT2D eigenvalue weighted by atomic mass is 10.1. The first-order valence-corrected chi connectivity index (χ1v) is 5.70. The van der Waals surface area contributed by atoms with Gasteiger partial charge in [-0.15, -0.1) is 0 Å². The van der Waals surface area contributed by atoms with Gasteiger partial charge < -0.3 is 14.9 Å². The van der Waals surface area contributed by atoms with Crippen LogP contribution in [0.25, 0.3) is 6.08 Å². The van der Waals surface area contributed by atoms with Gasteiger partial charge >= 0.3 is 0 Å². The minimum atomic E-state index is -0.219. The van der Waals surface area contributed by atoms with Gasteiger partial charge in [-0.05, 0) is 35.9 Å². The highest BCUT2D eigenvalue weighted by Crippen LogP contribution is 2.34. The van der Waals surface area contributed by atoms with E-state index in [0.717, 1.165) is 5.56 Å². The maximum Gasteiger partial charge on any atom is 0.231 e. The maximum atomic E-state index is 12.1. The molecule has 94 valence electrons. The molecular formula is C15H10O4. The van der Waals surface area contributed by atoms with Gasteiger partial charge in [-0.2, -0.15) is 0 Å². The van der Waals surface area contributed by atoms with Crippen molar-refractivity contribution in [3.05, 3.63) is 59.4 Å². The van der Waals surface area contributed by atoms with E-state index in [0.29, 0.717) is 11.3 Å². The van der Waals surface area contributed by atoms with Crippen LogP contribution in [0.15, 0.2) is 48.2 Å². The van der Waals surface area contributed by atoms with Crippen molar-refractivity contribution in [1.29, 1.82) is 0 Å². The first kappa shape index (κ1) is 11.3. The number of hydrogen-bond donors (Lipinski definition) is 2. The van der Waals surface area contributed by atoms with Gasteiger partial charge in [-0.1, -0.05) is 12.1 Å². The van der Waals surface area contributed by atoms with Crippen molar-refractivity contribution in [2.24, 2.45) is 0 Å². The summed E-state index contributed by atoms with van der Waals surface area (Å²) < 4.78 is 5.42. The van der Waals surface area contributed by atoms with Crippen molar-refractivity contribution < 1.29 is 19.7 Å². The quantitative estimate of drug-likeness (QED) is 0.768. The molecule has 4 nitrogen and oxygen atoms in total. The summed E-state index contributed by atoms with van der Waals surface area (Å²) in [5.74, 6) is 0.552. The van der Waals surface area contributed by atoms with Crippen molar-refractivity contribution in [2.75, 3.05) is 0 Å². The molecule has 2 N–H and O–H groups in total. The van der Waals surface area contributed by atoms with Gasteiger partial charge in [0.1, 0.15) is 17.2 Å². The number of ether oxygens (including phenoxy) is 1. The molecule has 0 unspecified atom stereocenters. The number of allylic oxidation sites excluding steroid dienone is 1. The predicted molar refractivity (Wildman–Crippen MR) is 69.1 cm³/mol. The number of phenolic OH excluding ortho intramolecular Hbond substituents is 2. The molecule has 0 saturated carbocycles. The molecule has 0 atom stereocenters. The van der Waals surface area contributed by atoms with E-state index >= 15 is 0 Å². The summed E-state index contributed by atoms with van der Waals surface area (Å²) in [6, 6.07) is 10.8. The van der Waals surface area contributed by atoms with E-state index in [4.69, 9.17) is 4.74 Å². The monoisotopic (exact) mass is 254 g/mol. The highest BCUT2D eigenvalue weighted by molar-refractivity contribution is 6.14. The van der Waals surface area contributed by atoms with E-state index in [1.54, 1.807) is 18.2 Å². The Hall–Kier alpha value is -2.75. The van der Waals surface area contributed by atoms with Crippen LogP contribution in [0.5, 0.6) is 17.2 Å². The third-order valence-corrected chi connectivity index (χ3v) is 2.84. The molecule has 1 heterocycles. The number of benzene rings is 2. The number of aromatic hydroxyl groups is 2. The Kier molecular flexibility index (Phi) is 2.49. The van der Waals surface area contributed by atoms with Gasteiger partial charge in [0.15, 0.2) is 5.76 Å². The van der Waals surface area contributed by atoms with Gasteiger partial charge in [-0.25, -0.2) is 0 Å². The van der Waals surface area contributed by atoms with Gasteiger partial charge in [0.25, 0.3) is 0 Å². The Bertz CT molecular complexity index is 684. The SMILES string of the molecule is O=C1C(=Cc2ccc(O)cc2)Oc2cc(O)ccc21. The van der Waals surface area contributed by atoms with Crippen LogP contribution >= 0.6 is 0 Å². The normalized spacial score (nSPS) is 15.4. The Morgan fingerprint density at radius 1 is 0.947 bits per heavy atom. The highest BCUT2D eigenvalue weighted by atomic mass is 16.5. The average Bonchev–Trinajstić information content (AvgIpc) is 2.68. The number of phenols is 2. The largest absolute Gasteiger partial charge is 0.508 e. The topological polar surface area (TPSA) is 66.8 Å². The zero-order valence-corrected chi connectivity index (χ0v) is 9.83. The summed E-state index contributed by atoms with van der Waals surface area (Å²) in [6.45, 7) is 0. The molecule has 0 aromatic heterocycles. The van der Waals surface area contributed by atoms with Crippen LogP contribution in [0.3, 0.4) is 0 Å². The number of ketones is 1. The summed E-state index contributed by atoms with van der Waals surface area (Å²) in [6.07, 6.45) is 1.60. The zero-order chi connectivity index (χ0) is 13.4. The Morgan fingerprint density at radius 3 is 2.37 bits per heavy atom. The number of fused-ring (bicyclic) bond motifs is 1. The van der Waals surface area contributed by atoms with Crippen LogP contribution in [-0.2, 0) is 0 Å². The van der Waals surface area contributed by atoms with E-state index in [2.05, 4.69) is 0 Å². The Morgan fingerprint density at radius 2 is 1.63 bits per heavy atom. The van der Waals surface area contributed by atoms with E-state index in [1.165, 1.54) is 30.3 Å². The molecule has 19 heavy (non-hydrogen) atoms. The first-order chi connectivity index (χ1) is 9.13. The van der Waals surface area contributed by atoms with Crippen LogP contribution in [0.4, 0.5) is 0 Å². The predicted octanol–water partition coefficient (Wildman–Crippen LogP) is 2.71. The lowest BCUT2D eigenvalue weighted by Crippen LogP contribution is -1.97. The fraction of sp³-hybridized carbons (Fsp3) is 0. The molecule has 0 bridgehead atoms. The number of carbonyl (C=O) groups is 1. The lowest BCUT2D eigenvalue weighted by Gasteiger charge is -1.99. The molecule has 0 fully saturated rings. The van der Waals surface area contributed by atoms with E-state index in [9.17, 15) is 15.0 Å². The van der Waals surface area contributed by atoms with Crippen LogP contribution in [0, 0.1) is 0 Å². The second-order valence-electron chi connectivity index (χ2n) is 4.21. The second-order valence-corrected chi connectivity index (χ2v) is 4.21. The second kappa shape index (κ2) is 4.17. The third-order valence-electron chi connectivity index (χ3n) is 2.84. The minimum absolute atomic E-state index is 0.0532. The fourth-order valence-electron chi connectivity index (χ4n) is 1.90. The summed E-state index contributed by atoms with van der Waals surface area (Å²) in [5, 5.41) is 18.5. The number of rotatable bonds is 1. The molecule has 1 aliphatic rings. The van der Waals surface area contributed by atoms with Crippen LogP contribution < -0.4 is 4.74 Å². The van der Waals surface area contributed by atoms with Crippen LogP contribution in [0.2, 0.25) is 0 Å². The van der Waals surface area contributed by atoms with Crippen molar-refractivity contribution in [1.82, 2.24) is 0 Å². The standard InChI is InChI=1S/C15H10O4/c16-10-3-1-9(2-4-10)7-14-15(18)12-6-5-11(17)8-13(12)19-14/h1-8,16-17H. The summed E-state index contributed by atoms with van der Waals surface area (Å²) >= 11 is 0. The minimum Gasteiger partial charge on any atom is -0.508 e. The van der Waals surface area contributed by atoms with Crippen molar-refractivity contribution in [3.63, 3.8) is 0 Å². The number of carbonyl (C=O) groups excluding carboxylic acids is 1. The Labute approximate surface area is 109 Å². The van der Waals surface area contributed by atoms with Crippen molar-refractivity contribution >= 4 is 11.9 Å². The van der Waals surface area contributed by atoms with E-state index < -0.39 is 0 Å². The molecule has 1 aliphatic heterocycles. The third kappa shape index (κ3) is 2.04. The van der Waals surface area contributed by atoms with Gasteiger partial charge in [0.2, 0.25) is 5.78 Å². The first-order valence-electron chi connectivity index (χ1n) is 5.70.